The second kappa shape index (κ2) is 9.14. The second-order valence-corrected chi connectivity index (χ2v) is 8.00. The summed E-state index contributed by atoms with van der Waals surface area (Å²) in [5.74, 6) is -5.06. The van der Waals surface area contributed by atoms with Crippen molar-refractivity contribution in [2.24, 2.45) is 0 Å². The molecular formula is C21H16F6N8O3. The normalized spacial score (nSPS) is 17.2. The van der Waals surface area contributed by atoms with E-state index < -0.39 is 48.8 Å². The fraction of sp³-hybridized carbons (Fsp3) is 0.333. The van der Waals surface area contributed by atoms with Gasteiger partial charge in [0.1, 0.15) is 12.0 Å². The minimum absolute atomic E-state index is 0.0155. The average molecular weight is 542 g/mol. The number of rotatable bonds is 6. The Morgan fingerprint density at radius 3 is 2.53 bits per heavy atom. The van der Waals surface area contributed by atoms with E-state index in [2.05, 4.69) is 30.0 Å². The molecule has 4 aromatic heterocycles. The summed E-state index contributed by atoms with van der Waals surface area (Å²) in [6.07, 6.45) is -3.98. The summed E-state index contributed by atoms with van der Waals surface area (Å²) in [4.78, 5) is 19.7. The van der Waals surface area contributed by atoms with E-state index in [9.17, 15) is 26.3 Å². The Morgan fingerprint density at radius 2 is 1.82 bits per heavy atom. The minimum atomic E-state index is -4.82. The van der Waals surface area contributed by atoms with Crippen molar-refractivity contribution in [3.05, 3.63) is 42.5 Å². The van der Waals surface area contributed by atoms with Crippen molar-refractivity contribution in [2.45, 2.75) is 18.2 Å². The molecular weight excluding hydrogens is 526 g/mol. The molecule has 1 fully saturated rings. The third-order valence-electron chi connectivity index (χ3n) is 5.59. The van der Waals surface area contributed by atoms with Crippen LogP contribution in [0.3, 0.4) is 0 Å². The van der Waals surface area contributed by atoms with Gasteiger partial charge in [-0.25, -0.2) is 28.7 Å². The molecule has 0 aliphatic carbocycles. The first-order valence-corrected chi connectivity index (χ1v) is 10.7. The van der Waals surface area contributed by atoms with Gasteiger partial charge in [-0.3, -0.25) is 0 Å². The highest BCUT2D eigenvalue weighted by Crippen LogP contribution is 2.38. The molecule has 0 saturated carbocycles. The molecule has 4 aromatic rings. The number of halogens is 6. The van der Waals surface area contributed by atoms with Crippen LogP contribution in [0.2, 0.25) is 0 Å². The Bertz CT molecular complexity index is 1500. The smallest absolute Gasteiger partial charge is 0.433 e. The van der Waals surface area contributed by atoms with E-state index in [0.717, 1.165) is 15.6 Å². The molecule has 200 valence electrons. The first kappa shape index (κ1) is 25.2. The molecule has 0 amide bonds. The maximum absolute atomic E-state index is 15.0. The standard InChI is InChI=1S/C21H16F6N8O3/c1-36-18-10(5-29-19(32-18)37-2)11-3-12(17-28-6-15(22)35(17)33-11)34-7-14(20(23,24)8-34)38-16-4-13(21(25,26)27)30-9-31-16/h3-6,9,14H,7-8H2,1-2H3/t14-/m0/s1. The minimum Gasteiger partial charge on any atom is -0.480 e. The van der Waals surface area contributed by atoms with Crippen LogP contribution in [0.25, 0.3) is 16.9 Å². The van der Waals surface area contributed by atoms with E-state index in [1.807, 2.05) is 0 Å². The van der Waals surface area contributed by atoms with Gasteiger partial charge in [0.2, 0.25) is 17.7 Å². The highest BCUT2D eigenvalue weighted by atomic mass is 19.4. The molecule has 0 bridgehead atoms. The van der Waals surface area contributed by atoms with Gasteiger partial charge in [-0.15, -0.1) is 0 Å². The molecule has 5 heterocycles. The molecule has 17 heteroatoms. The van der Waals surface area contributed by atoms with Crippen LogP contribution < -0.4 is 19.1 Å². The van der Waals surface area contributed by atoms with Gasteiger partial charge in [-0.2, -0.15) is 32.2 Å². The fourth-order valence-electron chi connectivity index (χ4n) is 3.84. The topological polar surface area (TPSA) is 113 Å². The summed E-state index contributed by atoms with van der Waals surface area (Å²) in [7, 11) is 2.66. The number of imidazole rings is 1. The molecule has 0 unspecified atom stereocenters. The van der Waals surface area contributed by atoms with Crippen LogP contribution in [0.5, 0.6) is 17.8 Å². The Morgan fingerprint density at radius 1 is 1.03 bits per heavy atom. The lowest BCUT2D eigenvalue weighted by atomic mass is 10.2. The first-order chi connectivity index (χ1) is 18.0. The van der Waals surface area contributed by atoms with Gasteiger partial charge in [0.05, 0.1) is 44.8 Å². The Hall–Kier alpha value is -4.44. The van der Waals surface area contributed by atoms with Crippen molar-refractivity contribution in [3.8, 4) is 29.0 Å². The van der Waals surface area contributed by atoms with Crippen LogP contribution in [-0.2, 0) is 6.18 Å². The third-order valence-corrected chi connectivity index (χ3v) is 5.59. The summed E-state index contributed by atoms with van der Waals surface area (Å²) >= 11 is 0. The molecule has 5 rings (SSSR count). The predicted molar refractivity (Wildman–Crippen MR) is 116 cm³/mol. The number of hydrogen-bond donors (Lipinski definition) is 0. The lowest BCUT2D eigenvalue weighted by Crippen LogP contribution is -2.36. The lowest BCUT2D eigenvalue weighted by Gasteiger charge is -2.19. The first-order valence-electron chi connectivity index (χ1n) is 10.7. The zero-order chi connectivity index (χ0) is 27.2. The number of ether oxygens (including phenoxy) is 3. The number of fused-ring (bicyclic) bond motifs is 1. The Kier molecular flexibility index (Phi) is 6.07. The van der Waals surface area contributed by atoms with Crippen molar-refractivity contribution in [1.82, 2.24) is 34.5 Å². The van der Waals surface area contributed by atoms with E-state index in [4.69, 9.17) is 14.2 Å². The Labute approximate surface area is 209 Å². The number of anilines is 1. The monoisotopic (exact) mass is 542 g/mol. The van der Waals surface area contributed by atoms with Gasteiger partial charge < -0.3 is 19.1 Å². The summed E-state index contributed by atoms with van der Waals surface area (Å²) < 4.78 is 99.6. The third kappa shape index (κ3) is 4.54. The molecule has 0 N–H and O–H groups in total. The number of nitrogens with zero attached hydrogens (tertiary/aromatic N) is 8. The molecule has 1 aliphatic heterocycles. The van der Waals surface area contributed by atoms with Gasteiger partial charge in [0, 0.05) is 12.3 Å². The van der Waals surface area contributed by atoms with Gasteiger partial charge in [0.25, 0.3) is 0 Å². The van der Waals surface area contributed by atoms with Crippen molar-refractivity contribution >= 4 is 11.3 Å². The van der Waals surface area contributed by atoms with Crippen LogP contribution in [-0.4, -0.2) is 73.9 Å². The number of alkyl halides is 5. The zero-order valence-electron chi connectivity index (χ0n) is 19.4. The second-order valence-electron chi connectivity index (χ2n) is 8.00. The molecule has 38 heavy (non-hydrogen) atoms. The summed E-state index contributed by atoms with van der Waals surface area (Å²) in [5.41, 5.74) is -1.13. The number of aromatic nitrogens is 7. The van der Waals surface area contributed by atoms with Crippen molar-refractivity contribution in [2.75, 3.05) is 32.2 Å². The van der Waals surface area contributed by atoms with Crippen molar-refractivity contribution < 1.29 is 40.6 Å². The van der Waals surface area contributed by atoms with Crippen LogP contribution in [0.15, 0.2) is 30.9 Å². The SMILES string of the molecule is COc1ncc(-c2cc(N3C[C@H](Oc4cc(C(F)(F)F)ncn4)C(F)(F)C3)c3ncc(F)n3n2)c(OC)n1. The average Bonchev–Trinajstić information content (AvgIpc) is 3.41. The molecule has 0 aromatic carbocycles. The summed E-state index contributed by atoms with van der Waals surface area (Å²) in [5, 5.41) is 4.17. The largest absolute Gasteiger partial charge is 0.480 e. The van der Waals surface area contributed by atoms with Gasteiger partial charge in [-0.1, -0.05) is 0 Å². The molecule has 0 spiro atoms. The van der Waals surface area contributed by atoms with Gasteiger partial charge >= 0.3 is 18.1 Å². The van der Waals surface area contributed by atoms with Crippen LogP contribution in [0.4, 0.5) is 32.0 Å². The number of methoxy groups -OCH3 is 2. The Balaban J connectivity index is 1.52. The zero-order valence-corrected chi connectivity index (χ0v) is 19.4. The van der Waals surface area contributed by atoms with E-state index in [1.54, 1.807) is 0 Å². The van der Waals surface area contributed by atoms with E-state index in [-0.39, 0.29) is 34.5 Å². The fourth-order valence-corrected chi connectivity index (χ4v) is 3.84. The van der Waals surface area contributed by atoms with Crippen LogP contribution in [0, 0.1) is 5.95 Å². The lowest BCUT2D eigenvalue weighted by molar-refractivity contribution is -0.141. The van der Waals surface area contributed by atoms with E-state index in [1.165, 1.54) is 26.5 Å². The molecule has 1 saturated heterocycles. The maximum atomic E-state index is 15.0. The quantitative estimate of drug-likeness (QED) is 0.337. The summed E-state index contributed by atoms with van der Waals surface area (Å²) in [6.45, 7) is -1.42. The molecule has 11 nitrogen and oxygen atoms in total. The van der Waals surface area contributed by atoms with Gasteiger partial charge in [-0.05, 0) is 6.07 Å². The van der Waals surface area contributed by atoms with E-state index in [0.29, 0.717) is 12.4 Å². The molecule has 0 radical (unpaired) electrons. The highest BCUT2D eigenvalue weighted by Gasteiger charge is 2.51. The van der Waals surface area contributed by atoms with Crippen LogP contribution >= 0.6 is 0 Å². The molecule has 1 atom stereocenters. The van der Waals surface area contributed by atoms with Crippen molar-refractivity contribution in [1.29, 1.82) is 0 Å². The van der Waals surface area contributed by atoms with Crippen LogP contribution in [0.1, 0.15) is 5.69 Å². The number of hydrogen-bond acceptors (Lipinski definition) is 10. The predicted octanol–water partition coefficient (Wildman–Crippen LogP) is 3.05. The summed E-state index contributed by atoms with van der Waals surface area (Å²) in [6, 6.07) is 1.78. The highest BCUT2D eigenvalue weighted by molar-refractivity contribution is 5.76. The maximum Gasteiger partial charge on any atom is 0.433 e. The molecule has 1 aliphatic rings. The van der Waals surface area contributed by atoms with E-state index >= 15 is 0 Å². The van der Waals surface area contributed by atoms with Crippen molar-refractivity contribution in [3.63, 3.8) is 0 Å². The van der Waals surface area contributed by atoms with Gasteiger partial charge in [0.15, 0.2) is 17.4 Å².